The highest BCUT2D eigenvalue weighted by atomic mass is 35.5. The van der Waals surface area contributed by atoms with E-state index in [0.29, 0.717) is 32.2 Å². The number of carbonyl (C=O) groups is 1. The first-order chi connectivity index (χ1) is 13.9. The van der Waals surface area contributed by atoms with E-state index in [-0.39, 0.29) is 5.91 Å². The van der Waals surface area contributed by atoms with Gasteiger partial charge in [0.1, 0.15) is 10.9 Å². The smallest absolute Gasteiger partial charge is 0.238 e. The Hall–Kier alpha value is -2.34. The van der Waals surface area contributed by atoms with Gasteiger partial charge in [0.05, 0.1) is 22.3 Å². The molecular weight excluding hydrogens is 431 g/mol. The van der Waals surface area contributed by atoms with Crippen LogP contribution >= 0.6 is 34.8 Å². The minimum absolute atomic E-state index is 0.129. The highest BCUT2D eigenvalue weighted by Gasteiger charge is 2.41. The van der Waals surface area contributed by atoms with E-state index in [1.54, 1.807) is 28.8 Å². The summed E-state index contributed by atoms with van der Waals surface area (Å²) in [5, 5.41) is 5.59. The van der Waals surface area contributed by atoms with Crippen molar-refractivity contribution in [3.8, 4) is 0 Å². The van der Waals surface area contributed by atoms with Gasteiger partial charge in [-0.3, -0.25) is 4.79 Å². The van der Waals surface area contributed by atoms with Crippen molar-refractivity contribution in [2.75, 3.05) is 11.9 Å². The first kappa shape index (κ1) is 20.0. The molecule has 2 unspecified atom stereocenters. The molecule has 1 amide bonds. The van der Waals surface area contributed by atoms with Crippen molar-refractivity contribution >= 4 is 57.9 Å². The Kier molecular flexibility index (Phi) is 5.38. The van der Waals surface area contributed by atoms with Gasteiger partial charge in [-0.1, -0.05) is 65.1 Å². The molecule has 0 saturated carbocycles. The molecule has 3 aromatic rings. The van der Waals surface area contributed by atoms with Crippen LogP contribution < -0.4 is 4.90 Å². The lowest BCUT2D eigenvalue weighted by molar-refractivity contribution is -0.121. The second kappa shape index (κ2) is 7.82. The molecule has 29 heavy (non-hydrogen) atoms. The molecular formula is C21H17Cl3N4O. The van der Waals surface area contributed by atoms with E-state index in [0.717, 1.165) is 5.69 Å². The number of halogens is 3. The van der Waals surface area contributed by atoms with Gasteiger partial charge < -0.3 is 4.90 Å². The molecule has 4 rings (SSSR count). The number of hydrogen-bond donors (Lipinski definition) is 0. The molecule has 0 bridgehead atoms. The number of rotatable bonds is 3. The Morgan fingerprint density at radius 3 is 2.48 bits per heavy atom. The highest BCUT2D eigenvalue weighted by Crippen LogP contribution is 2.43. The number of nitrogens with zero attached hydrogens (tertiary/aromatic N) is 4. The van der Waals surface area contributed by atoms with Crippen LogP contribution in [0.4, 0.5) is 11.5 Å². The minimum Gasteiger partial charge on any atom is -0.315 e. The van der Waals surface area contributed by atoms with Gasteiger partial charge in [-0.15, -0.1) is 0 Å². The molecule has 0 fully saturated rings. The summed E-state index contributed by atoms with van der Waals surface area (Å²) in [6.45, 7) is 1.82. The van der Waals surface area contributed by atoms with E-state index in [4.69, 9.17) is 34.8 Å². The monoisotopic (exact) mass is 446 g/mol. The van der Waals surface area contributed by atoms with Crippen LogP contribution in [0, 0.1) is 5.92 Å². The maximum absolute atomic E-state index is 13.6. The third kappa shape index (κ3) is 3.44. The zero-order valence-electron chi connectivity index (χ0n) is 15.7. The number of hydrogen-bond acceptors (Lipinski definition) is 3. The van der Waals surface area contributed by atoms with Crippen molar-refractivity contribution in [2.24, 2.45) is 10.9 Å². The molecule has 2 atom stereocenters. The Bertz CT molecular complexity index is 1110. The van der Waals surface area contributed by atoms with E-state index in [9.17, 15) is 4.79 Å². The molecule has 0 saturated heterocycles. The number of carbonyl (C=O) groups excluding carboxylic acids is 1. The fourth-order valence-corrected chi connectivity index (χ4v) is 4.20. The SMILES string of the molecule is CC1=Nc2c(Cl)cnn2C(c2cccc(Cl)c2Cl)C1C(=O)N(C)c1ccccc1. The van der Waals surface area contributed by atoms with Gasteiger partial charge in [-0.25, -0.2) is 9.67 Å². The molecule has 2 aromatic carbocycles. The van der Waals surface area contributed by atoms with Crippen molar-refractivity contribution in [3.05, 3.63) is 75.4 Å². The average Bonchev–Trinajstić information content (AvgIpc) is 3.09. The Labute approximate surface area is 183 Å². The summed E-state index contributed by atoms with van der Waals surface area (Å²) in [6.07, 6.45) is 1.52. The van der Waals surface area contributed by atoms with Gasteiger partial charge in [0.25, 0.3) is 0 Å². The van der Waals surface area contributed by atoms with Crippen molar-refractivity contribution < 1.29 is 4.79 Å². The van der Waals surface area contributed by atoms with Crippen LogP contribution in [0.5, 0.6) is 0 Å². The maximum atomic E-state index is 13.6. The van der Waals surface area contributed by atoms with Crippen LogP contribution in [0.25, 0.3) is 0 Å². The van der Waals surface area contributed by atoms with Gasteiger partial charge in [0.15, 0.2) is 5.82 Å². The first-order valence-corrected chi connectivity index (χ1v) is 10.1. The summed E-state index contributed by atoms with van der Waals surface area (Å²) in [4.78, 5) is 19.8. The molecule has 1 aliphatic rings. The summed E-state index contributed by atoms with van der Waals surface area (Å²) in [7, 11) is 1.74. The summed E-state index contributed by atoms with van der Waals surface area (Å²) in [6, 6.07) is 14.3. The summed E-state index contributed by atoms with van der Waals surface area (Å²) >= 11 is 19.1. The lowest BCUT2D eigenvalue weighted by Gasteiger charge is -2.34. The number of fused-ring (bicyclic) bond motifs is 1. The van der Waals surface area contributed by atoms with Gasteiger partial charge in [0, 0.05) is 18.4 Å². The average molecular weight is 448 g/mol. The predicted octanol–water partition coefficient (Wildman–Crippen LogP) is 5.82. The zero-order chi connectivity index (χ0) is 20.7. The molecule has 0 radical (unpaired) electrons. The number of aliphatic imine (C=N–C) groups is 1. The van der Waals surface area contributed by atoms with Crippen LogP contribution in [0.2, 0.25) is 15.1 Å². The molecule has 1 aromatic heterocycles. The van der Waals surface area contributed by atoms with E-state index in [1.165, 1.54) is 6.20 Å². The normalized spacial score (nSPS) is 18.2. The summed E-state index contributed by atoms with van der Waals surface area (Å²) in [5.41, 5.74) is 2.11. The van der Waals surface area contributed by atoms with Crippen LogP contribution in [0.1, 0.15) is 18.5 Å². The molecule has 0 aliphatic carbocycles. The Morgan fingerprint density at radius 1 is 1.03 bits per heavy atom. The molecule has 0 N–H and O–H groups in total. The highest BCUT2D eigenvalue weighted by molar-refractivity contribution is 6.42. The van der Waals surface area contributed by atoms with Crippen molar-refractivity contribution in [1.82, 2.24) is 9.78 Å². The molecule has 0 spiro atoms. The topological polar surface area (TPSA) is 50.5 Å². The number of aromatic nitrogens is 2. The minimum atomic E-state index is -0.625. The number of para-hydroxylation sites is 1. The lowest BCUT2D eigenvalue weighted by atomic mass is 9.87. The number of anilines is 1. The first-order valence-electron chi connectivity index (χ1n) is 8.95. The maximum Gasteiger partial charge on any atom is 0.238 e. The van der Waals surface area contributed by atoms with Crippen LogP contribution in [0.3, 0.4) is 0 Å². The third-order valence-electron chi connectivity index (χ3n) is 5.08. The molecule has 1 aliphatic heterocycles. The van der Waals surface area contributed by atoms with Crippen LogP contribution in [-0.4, -0.2) is 28.4 Å². The van der Waals surface area contributed by atoms with Crippen molar-refractivity contribution in [3.63, 3.8) is 0 Å². The van der Waals surface area contributed by atoms with E-state index in [1.807, 2.05) is 43.3 Å². The van der Waals surface area contributed by atoms with Gasteiger partial charge in [0.2, 0.25) is 5.91 Å². The standard InChI is InChI=1S/C21H17Cl3N4O/c1-12-17(21(29)27(2)13-7-4-3-5-8-13)19(14-9-6-10-15(22)18(14)24)28-20(26-12)16(23)11-25-28/h3-11,17,19H,1-2H3. The Morgan fingerprint density at radius 2 is 1.76 bits per heavy atom. The van der Waals surface area contributed by atoms with E-state index < -0.39 is 12.0 Å². The lowest BCUT2D eigenvalue weighted by Crippen LogP contribution is -2.43. The second-order valence-electron chi connectivity index (χ2n) is 6.81. The van der Waals surface area contributed by atoms with E-state index in [2.05, 4.69) is 10.1 Å². The molecule has 5 nitrogen and oxygen atoms in total. The van der Waals surface area contributed by atoms with Gasteiger partial charge in [-0.05, 0) is 30.7 Å². The van der Waals surface area contributed by atoms with E-state index >= 15 is 0 Å². The third-order valence-corrected chi connectivity index (χ3v) is 6.18. The van der Waals surface area contributed by atoms with Gasteiger partial charge >= 0.3 is 0 Å². The van der Waals surface area contributed by atoms with Crippen LogP contribution in [-0.2, 0) is 4.79 Å². The quantitative estimate of drug-likeness (QED) is 0.508. The zero-order valence-corrected chi connectivity index (χ0v) is 17.9. The molecule has 2 heterocycles. The largest absolute Gasteiger partial charge is 0.315 e. The van der Waals surface area contributed by atoms with Crippen LogP contribution in [0.15, 0.2) is 59.7 Å². The van der Waals surface area contributed by atoms with Gasteiger partial charge in [-0.2, -0.15) is 5.10 Å². The number of benzene rings is 2. The summed E-state index contributed by atoms with van der Waals surface area (Å²) in [5.74, 6) is -0.257. The van der Waals surface area contributed by atoms with Crippen molar-refractivity contribution in [1.29, 1.82) is 0 Å². The molecule has 8 heteroatoms. The second-order valence-corrected chi connectivity index (χ2v) is 8.00. The fraction of sp³-hybridized carbons (Fsp3) is 0.190. The molecule has 148 valence electrons. The predicted molar refractivity (Wildman–Crippen MR) is 118 cm³/mol. The fourth-order valence-electron chi connectivity index (χ4n) is 3.61. The summed E-state index contributed by atoms with van der Waals surface area (Å²) < 4.78 is 1.65. The van der Waals surface area contributed by atoms with Crippen molar-refractivity contribution in [2.45, 2.75) is 13.0 Å². The Balaban J connectivity index is 1.87. The number of amides is 1.